The molecule has 2 rings (SSSR count). The van der Waals surface area contributed by atoms with Crippen molar-refractivity contribution < 1.29 is 27.9 Å². The maximum atomic E-state index is 12.8. The van der Waals surface area contributed by atoms with Gasteiger partial charge in [-0.15, -0.1) is 11.3 Å². The molecule has 0 aliphatic carbocycles. The molecular weight excluding hydrogens is 571 g/mol. The van der Waals surface area contributed by atoms with Crippen molar-refractivity contribution in [3.8, 4) is 5.75 Å². The van der Waals surface area contributed by atoms with Gasteiger partial charge in [-0.1, -0.05) is 6.07 Å². The van der Waals surface area contributed by atoms with E-state index in [1.807, 2.05) is 45.2 Å². The minimum atomic E-state index is -5.16. The third kappa shape index (κ3) is 4.36. The van der Waals surface area contributed by atoms with E-state index in [4.69, 9.17) is 0 Å². The number of ketones is 2. The van der Waals surface area contributed by atoms with E-state index in [1.165, 1.54) is 29.6 Å². The van der Waals surface area contributed by atoms with Crippen LogP contribution in [0.4, 0.5) is 13.2 Å². The van der Waals surface area contributed by atoms with Crippen LogP contribution >= 0.6 is 56.5 Å². The van der Waals surface area contributed by atoms with Crippen molar-refractivity contribution in [3.05, 3.63) is 52.8 Å². The Morgan fingerprint density at radius 1 is 1.17 bits per heavy atom. The van der Waals surface area contributed by atoms with E-state index in [2.05, 4.69) is 0 Å². The minimum absolute atomic E-state index is 0.0124. The molecule has 0 saturated heterocycles. The molecule has 1 aromatic carbocycles. The van der Waals surface area contributed by atoms with Gasteiger partial charge < -0.3 is 5.11 Å². The maximum absolute atomic E-state index is 12.8. The molecule has 0 atom stereocenters. The Labute approximate surface area is 165 Å². The van der Waals surface area contributed by atoms with Crippen molar-refractivity contribution in [1.29, 1.82) is 0 Å². The van der Waals surface area contributed by atoms with Gasteiger partial charge in [0.15, 0.2) is 0 Å². The predicted octanol–water partition coefficient (Wildman–Crippen LogP) is 5.06. The lowest BCUT2D eigenvalue weighted by atomic mass is 10.0. The second-order valence-corrected chi connectivity index (χ2v) is 7.80. The smallest absolute Gasteiger partial charge is 0.455 e. The number of carbonyl (C=O) groups excluding carboxylic acids is 2. The topological polar surface area (TPSA) is 54.4 Å². The van der Waals surface area contributed by atoms with Gasteiger partial charge in [0.2, 0.25) is 5.78 Å². The van der Waals surface area contributed by atoms with Crippen molar-refractivity contribution in [2.24, 2.45) is 0 Å². The lowest BCUT2D eigenvalue weighted by molar-refractivity contribution is -0.166. The van der Waals surface area contributed by atoms with E-state index in [1.54, 1.807) is 0 Å². The van der Waals surface area contributed by atoms with Crippen LogP contribution in [0, 0.1) is 7.14 Å². The first-order valence-electron chi connectivity index (χ1n) is 6.20. The Morgan fingerprint density at radius 3 is 2.21 bits per heavy atom. The largest absolute Gasteiger partial charge is 0.506 e. The van der Waals surface area contributed by atoms with Crippen molar-refractivity contribution in [3.63, 3.8) is 0 Å². The molecule has 0 bridgehead atoms. The fourth-order valence-corrected chi connectivity index (χ4v) is 4.26. The first-order chi connectivity index (χ1) is 11.1. The highest BCUT2D eigenvalue weighted by atomic mass is 127. The summed E-state index contributed by atoms with van der Waals surface area (Å²) in [7, 11) is 0. The van der Waals surface area contributed by atoms with E-state index >= 15 is 0 Å². The highest BCUT2D eigenvalue weighted by Gasteiger charge is 2.43. The summed E-state index contributed by atoms with van der Waals surface area (Å²) in [6.07, 6.45) is -4.25. The molecule has 0 radical (unpaired) electrons. The fraction of sp³-hybridized carbons (Fsp3) is 0.0667. The van der Waals surface area contributed by atoms with Gasteiger partial charge in [0.25, 0.3) is 5.78 Å². The SMILES string of the molecule is O=C(/C(=C\c1cc(I)c(O)c(I)c1)C(=O)C(F)(F)F)c1cccs1. The van der Waals surface area contributed by atoms with Crippen molar-refractivity contribution in [2.45, 2.75) is 6.18 Å². The number of hydrogen-bond donors (Lipinski definition) is 1. The van der Waals surface area contributed by atoms with Crippen LogP contribution < -0.4 is 0 Å². The van der Waals surface area contributed by atoms with Crippen LogP contribution in [0.1, 0.15) is 15.2 Å². The molecule has 0 amide bonds. The highest BCUT2D eigenvalue weighted by molar-refractivity contribution is 14.1. The van der Waals surface area contributed by atoms with Crippen LogP contribution in [-0.4, -0.2) is 22.8 Å². The van der Waals surface area contributed by atoms with Gasteiger partial charge in [0, 0.05) is 0 Å². The molecular formula is C15H7F3I2O3S. The molecule has 1 aromatic heterocycles. The molecule has 3 nitrogen and oxygen atoms in total. The number of hydrogen-bond acceptors (Lipinski definition) is 4. The molecule has 1 heterocycles. The lowest BCUT2D eigenvalue weighted by Crippen LogP contribution is -2.28. The Bertz CT molecular complexity index is 804. The third-order valence-corrected chi connectivity index (χ3v) is 5.36. The summed E-state index contributed by atoms with van der Waals surface area (Å²) in [5.41, 5.74) is -0.735. The summed E-state index contributed by atoms with van der Waals surface area (Å²) in [4.78, 5) is 24.0. The predicted molar refractivity (Wildman–Crippen MR) is 101 cm³/mol. The number of phenols is 1. The quantitative estimate of drug-likeness (QED) is 0.182. The number of allylic oxidation sites excluding steroid dienone is 1. The summed E-state index contributed by atoms with van der Waals surface area (Å²) < 4.78 is 39.3. The normalized spacial score (nSPS) is 12.3. The van der Waals surface area contributed by atoms with E-state index in [0.29, 0.717) is 7.14 Å². The summed E-state index contributed by atoms with van der Waals surface area (Å²) >= 11 is 4.57. The highest BCUT2D eigenvalue weighted by Crippen LogP contribution is 2.30. The number of carbonyl (C=O) groups is 2. The number of aromatic hydroxyl groups is 1. The van der Waals surface area contributed by atoms with Crippen LogP contribution in [-0.2, 0) is 4.79 Å². The second-order valence-electron chi connectivity index (χ2n) is 4.52. The standard InChI is InChI=1S/C15H7F3I2O3S/c16-15(17,18)14(23)8(12(21)11-2-1-3-24-11)4-7-5-9(19)13(22)10(20)6-7/h1-6,22H/b8-4+. The van der Waals surface area contributed by atoms with Crippen LogP contribution in [0.25, 0.3) is 6.08 Å². The molecule has 0 fully saturated rings. The molecule has 0 aliphatic heterocycles. The number of Topliss-reactive ketones (excluding diaryl/α,β-unsaturated/α-hetero) is 2. The average Bonchev–Trinajstić information content (AvgIpc) is 3.02. The zero-order chi connectivity index (χ0) is 18.1. The zero-order valence-electron chi connectivity index (χ0n) is 11.5. The molecule has 1 N–H and O–H groups in total. The molecule has 9 heteroatoms. The molecule has 0 spiro atoms. The molecule has 0 unspecified atom stereocenters. The van der Waals surface area contributed by atoms with Crippen LogP contribution in [0.3, 0.4) is 0 Å². The van der Waals surface area contributed by atoms with E-state index < -0.39 is 23.3 Å². The van der Waals surface area contributed by atoms with Gasteiger partial charge in [-0.05, 0) is 80.4 Å². The van der Waals surface area contributed by atoms with E-state index in [-0.39, 0.29) is 16.2 Å². The maximum Gasteiger partial charge on any atom is 0.455 e. The first-order valence-corrected chi connectivity index (χ1v) is 9.24. The number of alkyl halides is 3. The Balaban J connectivity index is 2.58. The van der Waals surface area contributed by atoms with Gasteiger partial charge in [-0.2, -0.15) is 13.2 Å². The Kier molecular flexibility index (Phi) is 6.07. The van der Waals surface area contributed by atoms with E-state index in [9.17, 15) is 27.9 Å². The molecule has 0 saturated carbocycles. The van der Waals surface area contributed by atoms with Crippen molar-refractivity contribution in [2.75, 3.05) is 0 Å². The lowest BCUT2D eigenvalue weighted by Gasteiger charge is -2.09. The number of rotatable bonds is 4. The summed E-state index contributed by atoms with van der Waals surface area (Å²) in [5, 5.41) is 11.3. The van der Waals surface area contributed by atoms with Gasteiger partial charge in [-0.3, -0.25) is 9.59 Å². The van der Waals surface area contributed by atoms with Gasteiger partial charge >= 0.3 is 6.18 Å². The third-order valence-electron chi connectivity index (χ3n) is 2.84. The van der Waals surface area contributed by atoms with Crippen molar-refractivity contribution >= 4 is 74.2 Å². The van der Waals surface area contributed by atoms with Gasteiger partial charge in [0.1, 0.15) is 5.75 Å². The van der Waals surface area contributed by atoms with Gasteiger partial charge in [-0.25, -0.2) is 0 Å². The first kappa shape index (κ1) is 19.4. The number of phenolic OH excluding ortho intramolecular Hbond substituents is 1. The minimum Gasteiger partial charge on any atom is -0.506 e. The Morgan fingerprint density at radius 2 is 1.75 bits per heavy atom. The van der Waals surface area contributed by atoms with Crippen LogP contribution in [0.5, 0.6) is 5.75 Å². The summed E-state index contributed by atoms with van der Waals surface area (Å²) in [6, 6.07) is 5.65. The molecule has 24 heavy (non-hydrogen) atoms. The Hall–Kier alpha value is -0.950. The number of halogens is 5. The molecule has 126 valence electrons. The number of thiophene rings is 1. The second kappa shape index (κ2) is 7.52. The zero-order valence-corrected chi connectivity index (χ0v) is 16.7. The average molecular weight is 578 g/mol. The monoisotopic (exact) mass is 578 g/mol. The van der Waals surface area contributed by atoms with Crippen LogP contribution in [0.15, 0.2) is 35.2 Å². The molecule has 0 aliphatic rings. The van der Waals surface area contributed by atoms with Crippen molar-refractivity contribution in [1.82, 2.24) is 0 Å². The van der Waals surface area contributed by atoms with Gasteiger partial charge in [0.05, 0.1) is 17.6 Å². The number of benzene rings is 1. The van der Waals surface area contributed by atoms with E-state index in [0.717, 1.165) is 17.4 Å². The van der Waals surface area contributed by atoms with Crippen LogP contribution in [0.2, 0.25) is 0 Å². The summed E-state index contributed by atoms with van der Waals surface area (Å²) in [5.74, 6) is -3.19. The fourth-order valence-electron chi connectivity index (χ4n) is 1.76. The molecule has 2 aromatic rings. The summed E-state index contributed by atoms with van der Waals surface area (Å²) in [6.45, 7) is 0.